The van der Waals surface area contributed by atoms with Crippen molar-refractivity contribution in [2.45, 2.75) is 45.6 Å². The molecule has 2 aliphatic rings. The fourth-order valence-electron chi connectivity index (χ4n) is 5.42. The van der Waals surface area contributed by atoms with Crippen LogP contribution in [0.5, 0.6) is 11.5 Å². The second-order valence-corrected chi connectivity index (χ2v) is 9.00. The monoisotopic (exact) mass is 419 g/mol. The third kappa shape index (κ3) is 4.56. The summed E-state index contributed by atoms with van der Waals surface area (Å²) in [5.74, 6) is -1.15. The van der Waals surface area contributed by atoms with Crippen molar-refractivity contribution >= 4 is 11.9 Å². The topological polar surface area (TPSA) is 96.3 Å². The van der Waals surface area contributed by atoms with Crippen LogP contribution in [0.2, 0.25) is 0 Å². The summed E-state index contributed by atoms with van der Waals surface area (Å²) >= 11 is 0. The zero-order chi connectivity index (χ0) is 22.0. The van der Waals surface area contributed by atoms with Gasteiger partial charge in [0.15, 0.2) is 11.5 Å². The molecule has 30 heavy (non-hydrogen) atoms. The van der Waals surface area contributed by atoms with Gasteiger partial charge >= 0.3 is 11.9 Å². The van der Waals surface area contributed by atoms with Crippen LogP contribution in [0, 0.1) is 23.7 Å². The smallest absolute Gasteiger partial charge is 0.307 e. The van der Waals surface area contributed by atoms with Crippen LogP contribution in [0.1, 0.15) is 50.3 Å². The Morgan fingerprint density at radius 2 is 1.83 bits per heavy atom. The largest absolute Gasteiger partial charge is 0.493 e. The van der Waals surface area contributed by atoms with Gasteiger partial charge in [-0.05, 0) is 60.3 Å². The lowest BCUT2D eigenvalue weighted by atomic mass is 9.68. The van der Waals surface area contributed by atoms with Crippen molar-refractivity contribution in [3.05, 3.63) is 23.3 Å². The van der Waals surface area contributed by atoms with Gasteiger partial charge in [-0.3, -0.25) is 14.5 Å². The number of carboxylic acids is 2. The molecule has 0 amide bonds. The summed E-state index contributed by atoms with van der Waals surface area (Å²) in [7, 11) is 3.23. The van der Waals surface area contributed by atoms with E-state index in [1.807, 2.05) is 12.1 Å². The molecular weight excluding hydrogens is 386 g/mol. The maximum absolute atomic E-state index is 12.0. The summed E-state index contributed by atoms with van der Waals surface area (Å²) in [5, 5.41) is 19.2. The molecule has 2 heterocycles. The minimum Gasteiger partial charge on any atom is -0.493 e. The number of carbonyl (C=O) groups is 2. The van der Waals surface area contributed by atoms with Crippen molar-refractivity contribution in [1.82, 2.24) is 4.90 Å². The highest BCUT2D eigenvalue weighted by atomic mass is 16.5. The van der Waals surface area contributed by atoms with Crippen LogP contribution >= 0.6 is 0 Å². The molecule has 1 saturated heterocycles. The maximum Gasteiger partial charge on any atom is 0.307 e. The molecule has 7 nitrogen and oxygen atoms in total. The Bertz CT molecular complexity index is 792. The quantitative estimate of drug-likeness (QED) is 0.666. The molecule has 1 aromatic rings. The van der Waals surface area contributed by atoms with Crippen molar-refractivity contribution in [2.75, 3.05) is 27.3 Å². The molecule has 2 aliphatic heterocycles. The number of piperidine rings is 1. The molecule has 2 N–H and O–H groups in total. The normalized spacial score (nSPS) is 24.6. The standard InChI is InChI=1S/C23H33NO6/c1-13(2)7-15-12-24-6-5-14-8-20(29-3)21(30-4)10-17(14)19(24)9-16(15)18(23(27)28)11-22(25)26/h8,10,13,15-16,18-19H,5-7,9,11-12H2,1-4H3,(H,25,26)(H,27,28)/t15-,16+,18?,19+/m0/s1. The molecule has 0 spiro atoms. The molecule has 0 aliphatic carbocycles. The van der Waals surface area contributed by atoms with Gasteiger partial charge in [0.05, 0.1) is 26.6 Å². The lowest BCUT2D eigenvalue weighted by molar-refractivity contribution is -0.153. The minimum atomic E-state index is -1.05. The summed E-state index contributed by atoms with van der Waals surface area (Å²) < 4.78 is 11.0. The van der Waals surface area contributed by atoms with Crippen LogP contribution < -0.4 is 9.47 Å². The third-order valence-corrected chi connectivity index (χ3v) is 6.69. The second-order valence-electron chi connectivity index (χ2n) is 9.00. The first-order valence-corrected chi connectivity index (χ1v) is 10.7. The number of hydrogen-bond donors (Lipinski definition) is 2. The average molecular weight is 420 g/mol. The molecule has 166 valence electrons. The predicted octanol–water partition coefficient (Wildman–Crippen LogP) is 3.46. The summed E-state index contributed by atoms with van der Waals surface area (Å²) in [6, 6.07) is 4.10. The lowest BCUT2D eigenvalue weighted by Crippen LogP contribution is -2.49. The van der Waals surface area contributed by atoms with Gasteiger partial charge in [-0.2, -0.15) is 0 Å². The lowest BCUT2D eigenvalue weighted by Gasteiger charge is -2.49. The van der Waals surface area contributed by atoms with Gasteiger partial charge in [-0.15, -0.1) is 0 Å². The molecule has 0 saturated carbocycles. The van der Waals surface area contributed by atoms with Crippen molar-refractivity contribution in [1.29, 1.82) is 0 Å². The molecule has 7 heteroatoms. The summed E-state index contributed by atoms with van der Waals surface area (Å²) in [6.07, 6.45) is 2.11. The fraction of sp³-hybridized carbons (Fsp3) is 0.652. The van der Waals surface area contributed by atoms with Gasteiger partial charge in [-0.1, -0.05) is 13.8 Å². The highest BCUT2D eigenvalue weighted by Crippen LogP contribution is 2.48. The predicted molar refractivity (Wildman–Crippen MR) is 112 cm³/mol. The summed E-state index contributed by atoms with van der Waals surface area (Å²) in [6.45, 7) is 5.98. The number of aliphatic carboxylic acids is 2. The van der Waals surface area contributed by atoms with Crippen LogP contribution in [0.3, 0.4) is 0 Å². The zero-order valence-corrected chi connectivity index (χ0v) is 18.3. The van der Waals surface area contributed by atoms with Gasteiger partial charge in [0, 0.05) is 19.1 Å². The van der Waals surface area contributed by atoms with E-state index in [2.05, 4.69) is 18.7 Å². The van der Waals surface area contributed by atoms with E-state index in [0.717, 1.165) is 31.5 Å². The summed E-state index contributed by atoms with van der Waals surface area (Å²) in [4.78, 5) is 25.9. The van der Waals surface area contributed by atoms with Crippen LogP contribution in [-0.2, 0) is 16.0 Å². The van der Waals surface area contributed by atoms with E-state index in [4.69, 9.17) is 9.47 Å². The molecule has 1 fully saturated rings. The van der Waals surface area contributed by atoms with E-state index in [1.165, 1.54) is 5.56 Å². The molecule has 0 bridgehead atoms. The van der Waals surface area contributed by atoms with Gasteiger partial charge in [0.2, 0.25) is 0 Å². The van der Waals surface area contributed by atoms with Crippen LogP contribution in [0.4, 0.5) is 0 Å². The molecule has 3 rings (SSSR count). The van der Waals surface area contributed by atoms with Crippen molar-refractivity contribution < 1.29 is 29.3 Å². The highest BCUT2D eigenvalue weighted by molar-refractivity contribution is 5.78. The highest BCUT2D eigenvalue weighted by Gasteiger charge is 2.44. The fourth-order valence-corrected chi connectivity index (χ4v) is 5.42. The first kappa shape index (κ1) is 22.4. The number of nitrogens with zero attached hydrogens (tertiary/aromatic N) is 1. The van der Waals surface area contributed by atoms with E-state index < -0.39 is 17.9 Å². The van der Waals surface area contributed by atoms with E-state index >= 15 is 0 Å². The Hall–Kier alpha value is -2.28. The van der Waals surface area contributed by atoms with Gasteiger partial charge in [0.25, 0.3) is 0 Å². The maximum atomic E-state index is 12.0. The summed E-state index contributed by atoms with van der Waals surface area (Å²) in [5.41, 5.74) is 2.34. The minimum absolute atomic E-state index is 0.0672. The van der Waals surface area contributed by atoms with Crippen LogP contribution in [0.25, 0.3) is 0 Å². The first-order valence-electron chi connectivity index (χ1n) is 10.7. The van der Waals surface area contributed by atoms with Gasteiger partial charge in [-0.25, -0.2) is 0 Å². The van der Waals surface area contributed by atoms with E-state index in [1.54, 1.807) is 14.2 Å². The number of benzene rings is 1. The number of methoxy groups -OCH3 is 2. The van der Waals surface area contributed by atoms with Crippen LogP contribution in [0.15, 0.2) is 12.1 Å². The SMILES string of the molecule is COc1cc2c(cc1OC)[C@H]1C[C@@H](C(CC(=O)O)C(=O)O)[C@@H](CC(C)C)CN1CC2. The Kier molecular flexibility index (Phi) is 6.91. The first-order chi connectivity index (χ1) is 14.2. The van der Waals surface area contributed by atoms with E-state index in [0.29, 0.717) is 23.8 Å². The van der Waals surface area contributed by atoms with Crippen LogP contribution in [-0.4, -0.2) is 54.4 Å². The van der Waals surface area contributed by atoms with Crippen molar-refractivity contribution in [2.24, 2.45) is 23.7 Å². The van der Waals surface area contributed by atoms with Gasteiger partial charge in [0.1, 0.15) is 0 Å². The molecule has 1 aromatic carbocycles. The Morgan fingerprint density at radius 1 is 1.17 bits per heavy atom. The molecular formula is C23H33NO6. The van der Waals surface area contributed by atoms with Crippen molar-refractivity contribution in [3.63, 3.8) is 0 Å². The van der Waals surface area contributed by atoms with Crippen molar-refractivity contribution in [3.8, 4) is 11.5 Å². The van der Waals surface area contributed by atoms with E-state index in [9.17, 15) is 19.8 Å². The third-order valence-electron chi connectivity index (χ3n) is 6.69. The molecule has 4 atom stereocenters. The molecule has 1 unspecified atom stereocenters. The van der Waals surface area contributed by atoms with E-state index in [-0.39, 0.29) is 24.3 Å². The number of rotatable bonds is 8. The molecule has 0 aromatic heterocycles. The van der Waals surface area contributed by atoms with Gasteiger partial charge < -0.3 is 19.7 Å². The number of carboxylic acid groups (broad SMARTS) is 2. The molecule has 0 radical (unpaired) electrons. The average Bonchev–Trinajstić information content (AvgIpc) is 2.69. The second kappa shape index (κ2) is 9.25. The Balaban J connectivity index is 1.98. The number of ether oxygens (including phenoxy) is 2. The Morgan fingerprint density at radius 3 is 2.40 bits per heavy atom. The number of fused-ring (bicyclic) bond motifs is 3. The Labute approximate surface area is 178 Å². The zero-order valence-electron chi connectivity index (χ0n) is 18.3. The number of hydrogen-bond acceptors (Lipinski definition) is 5.